The molecule has 0 aromatic heterocycles. The lowest BCUT2D eigenvalue weighted by molar-refractivity contribution is -0.0250. The number of nitrogens with zero attached hydrogens (tertiary/aromatic N) is 2. The minimum absolute atomic E-state index is 0. The van der Waals surface area contributed by atoms with E-state index in [-0.39, 0.29) is 30.1 Å². The van der Waals surface area contributed by atoms with E-state index in [1.54, 1.807) is 0 Å². The molecule has 1 saturated heterocycles. The lowest BCUT2D eigenvalue weighted by atomic mass is 9.89. The third kappa shape index (κ3) is 9.52. The Hall–Kier alpha value is -0.860. The molecule has 172 valence electrons. The number of aryl methyl sites for hydroxylation is 1. The standard InChI is InChI=1S/C24H42N4O.HI/c1-5-25-24(26-16-8-9-17-28(6-2)7-3)27-19-22-11-10-18-29-23(22)21-14-12-20(4)13-15-21;/h12-15,22-23H,5-11,16-19H2,1-4H3,(H2,25,26,27);1H. The highest BCUT2D eigenvalue weighted by atomic mass is 127. The molecule has 2 unspecified atom stereocenters. The minimum Gasteiger partial charge on any atom is -0.373 e. The zero-order chi connectivity index (χ0) is 20.9. The SMILES string of the molecule is CCNC(=NCC1CCCOC1c1ccc(C)cc1)NCCCCN(CC)CC.I. The number of benzene rings is 1. The molecule has 5 nitrogen and oxygen atoms in total. The molecule has 0 amide bonds. The van der Waals surface area contributed by atoms with Crippen molar-refractivity contribution >= 4 is 29.9 Å². The van der Waals surface area contributed by atoms with E-state index in [2.05, 4.69) is 67.5 Å². The van der Waals surface area contributed by atoms with Gasteiger partial charge in [0.15, 0.2) is 5.96 Å². The van der Waals surface area contributed by atoms with Crippen molar-refractivity contribution in [2.75, 3.05) is 45.9 Å². The monoisotopic (exact) mass is 530 g/mol. The Morgan fingerprint density at radius 1 is 1.10 bits per heavy atom. The molecule has 0 radical (unpaired) electrons. The highest BCUT2D eigenvalue weighted by Crippen LogP contribution is 2.33. The van der Waals surface area contributed by atoms with Crippen LogP contribution in [0.25, 0.3) is 0 Å². The number of hydrogen-bond acceptors (Lipinski definition) is 3. The van der Waals surface area contributed by atoms with Crippen LogP contribution in [0.1, 0.15) is 63.7 Å². The topological polar surface area (TPSA) is 48.9 Å². The van der Waals surface area contributed by atoms with Crippen molar-refractivity contribution in [1.29, 1.82) is 0 Å². The van der Waals surface area contributed by atoms with Gasteiger partial charge in [-0.15, -0.1) is 24.0 Å². The van der Waals surface area contributed by atoms with Crippen LogP contribution in [0.3, 0.4) is 0 Å². The molecule has 0 spiro atoms. The van der Waals surface area contributed by atoms with Crippen LogP contribution < -0.4 is 10.6 Å². The molecule has 30 heavy (non-hydrogen) atoms. The van der Waals surface area contributed by atoms with E-state index in [1.165, 1.54) is 36.9 Å². The third-order valence-electron chi connectivity index (χ3n) is 5.77. The first-order valence-corrected chi connectivity index (χ1v) is 11.6. The van der Waals surface area contributed by atoms with Crippen LogP contribution in [-0.4, -0.2) is 56.7 Å². The predicted octanol–water partition coefficient (Wildman–Crippen LogP) is 4.76. The van der Waals surface area contributed by atoms with Crippen molar-refractivity contribution in [1.82, 2.24) is 15.5 Å². The van der Waals surface area contributed by atoms with Crippen molar-refractivity contribution in [2.24, 2.45) is 10.9 Å². The van der Waals surface area contributed by atoms with Crippen molar-refractivity contribution in [3.8, 4) is 0 Å². The van der Waals surface area contributed by atoms with E-state index in [9.17, 15) is 0 Å². The zero-order valence-electron chi connectivity index (χ0n) is 19.5. The second kappa shape index (κ2) is 15.9. The van der Waals surface area contributed by atoms with Gasteiger partial charge in [-0.1, -0.05) is 43.7 Å². The first kappa shape index (κ1) is 27.2. The maximum Gasteiger partial charge on any atom is 0.191 e. The molecule has 1 aromatic rings. The average Bonchev–Trinajstić information content (AvgIpc) is 2.75. The predicted molar refractivity (Wildman–Crippen MR) is 139 cm³/mol. The summed E-state index contributed by atoms with van der Waals surface area (Å²) >= 11 is 0. The van der Waals surface area contributed by atoms with Crippen LogP contribution in [0.5, 0.6) is 0 Å². The molecule has 1 heterocycles. The summed E-state index contributed by atoms with van der Waals surface area (Å²) in [6, 6.07) is 8.78. The van der Waals surface area contributed by atoms with E-state index in [0.29, 0.717) is 5.92 Å². The van der Waals surface area contributed by atoms with Crippen molar-refractivity contribution in [2.45, 2.75) is 59.5 Å². The van der Waals surface area contributed by atoms with E-state index < -0.39 is 0 Å². The molecular formula is C24H43IN4O. The van der Waals surface area contributed by atoms with Gasteiger partial charge in [0.25, 0.3) is 0 Å². The van der Waals surface area contributed by atoms with Gasteiger partial charge in [0.2, 0.25) is 0 Å². The second-order valence-corrected chi connectivity index (χ2v) is 7.98. The Bertz CT molecular complexity index is 589. The summed E-state index contributed by atoms with van der Waals surface area (Å²) in [7, 11) is 0. The fraction of sp³-hybridized carbons (Fsp3) is 0.708. The summed E-state index contributed by atoms with van der Waals surface area (Å²) in [4.78, 5) is 7.38. The van der Waals surface area contributed by atoms with Crippen LogP contribution in [-0.2, 0) is 4.74 Å². The molecule has 0 aliphatic carbocycles. The van der Waals surface area contributed by atoms with Crippen molar-refractivity contribution in [3.05, 3.63) is 35.4 Å². The Morgan fingerprint density at radius 3 is 2.50 bits per heavy atom. The van der Waals surface area contributed by atoms with Gasteiger partial charge in [-0.05, 0) is 64.7 Å². The first-order valence-electron chi connectivity index (χ1n) is 11.6. The summed E-state index contributed by atoms with van der Waals surface area (Å²) in [6.07, 6.45) is 4.84. The lowest BCUT2D eigenvalue weighted by Crippen LogP contribution is -2.38. The molecule has 6 heteroatoms. The van der Waals surface area contributed by atoms with Gasteiger partial charge in [0.05, 0.1) is 6.10 Å². The Morgan fingerprint density at radius 2 is 1.83 bits per heavy atom. The summed E-state index contributed by atoms with van der Waals surface area (Å²) in [5, 5.41) is 6.91. The summed E-state index contributed by atoms with van der Waals surface area (Å²) in [5.74, 6) is 1.37. The molecule has 2 atom stereocenters. The second-order valence-electron chi connectivity index (χ2n) is 7.98. The number of halogens is 1. The maximum absolute atomic E-state index is 6.15. The molecule has 1 aromatic carbocycles. The van der Waals surface area contributed by atoms with Crippen LogP contribution in [0.15, 0.2) is 29.3 Å². The zero-order valence-corrected chi connectivity index (χ0v) is 21.8. The smallest absolute Gasteiger partial charge is 0.191 e. The van der Waals surface area contributed by atoms with Crippen LogP contribution >= 0.6 is 24.0 Å². The normalized spacial score (nSPS) is 19.4. The number of unbranched alkanes of at least 4 members (excludes halogenated alkanes) is 1. The maximum atomic E-state index is 6.15. The number of rotatable bonds is 11. The molecular weight excluding hydrogens is 487 g/mol. The lowest BCUT2D eigenvalue weighted by Gasteiger charge is -2.31. The molecule has 1 aliphatic rings. The molecule has 0 bridgehead atoms. The van der Waals surface area contributed by atoms with Crippen molar-refractivity contribution < 1.29 is 4.74 Å². The fourth-order valence-corrected chi connectivity index (χ4v) is 3.91. The largest absolute Gasteiger partial charge is 0.373 e. The quantitative estimate of drug-likeness (QED) is 0.188. The molecule has 1 fully saturated rings. The Labute approximate surface area is 201 Å². The van der Waals surface area contributed by atoms with E-state index >= 15 is 0 Å². The van der Waals surface area contributed by atoms with E-state index in [0.717, 1.165) is 51.7 Å². The van der Waals surface area contributed by atoms with Gasteiger partial charge in [-0.25, -0.2) is 0 Å². The summed E-state index contributed by atoms with van der Waals surface area (Å²) < 4.78 is 6.15. The minimum atomic E-state index is 0. The molecule has 0 saturated carbocycles. The highest BCUT2D eigenvalue weighted by molar-refractivity contribution is 14.0. The van der Waals surface area contributed by atoms with Crippen molar-refractivity contribution in [3.63, 3.8) is 0 Å². The number of nitrogens with one attached hydrogen (secondary N) is 2. The molecule has 2 rings (SSSR count). The third-order valence-corrected chi connectivity index (χ3v) is 5.77. The van der Waals surface area contributed by atoms with Gasteiger partial charge in [0, 0.05) is 32.2 Å². The number of aliphatic imine (C=N–C) groups is 1. The van der Waals surface area contributed by atoms with Gasteiger partial charge in [-0.2, -0.15) is 0 Å². The van der Waals surface area contributed by atoms with Crippen LogP contribution in [0.2, 0.25) is 0 Å². The number of guanidine groups is 1. The fourth-order valence-electron chi connectivity index (χ4n) is 3.91. The average molecular weight is 531 g/mol. The van der Waals surface area contributed by atoms with E-state index in [1.807, 2.05) is 0 Å². The molecule has 1 aliphatic heterocycles. The number of ether oxygens (including phenoxy) is 1. The van der Waals surface area contributed by atoms with Gasteiger partial charge >= 0.3 is 0 Å². The first-order chi connectivity index (χ1) is 14.2. The van der Waals surface area contributed by atoms with E-state index in [4.69, 9.17) is 9.73 Å². The van der Waals surface area contributed by atoms with Gasteiger partial charge in [0.1, 0.15) is 0 Å². The highest BCUT2D eigenvalue weighted by Gasteiger charge is 2.27. The number of hydrogen-bond donors (Lipinski definition) is 2. The van der Waals surface area contributed by atoms with Crippen LogP contribution in [0.4, 0.5) is 0 Å². The van der Waals surface area contributed by atoms with Crippen LogP contribution in [0, 0.1) is 12.8 Å². The summed E-state index contributed by atoms with van der Waals surface area (Å²) in [6.45, 7) is 15.7. The van der Waals surface area contributed by atoms with Gasteiger partial charge in [-0.3, -0.25) is 4.99 Å². The van der Waals surface area contributed by atoms with Gasteiger partial charge < -0.3 is 20.3 Å². The summed E-state index contributed by atoms with van der Waals surface area (Å²) in [5.41, 5.74) is 2.57. The molecule has 2 N–H and O–H groups in total. The Kier molecular flexibility index (Phi) is 14.4. The Balaban J connectivity index is 0.00000450.